The highest BCUT2D eigenvalue weighted by Gasteiger charge is 2.93. The molecule has 8 rings (SSSR count). The molecule has 13 nitrogen and oxygen atoms in total. The normalized spacial score (nSPS) is 58.8. The van der Waals surface area contributed by atoms with Crippen molar-refractivity contribution in [3.63, 3.8) is 0 Å². The molecule has 16 atom stereocenters. The maximum absolute atomic E-state index is 13.9. The van der Waals surface area contributed by atoms with Crippen molar-refractivity contribution in [3.8, 4) is 0 Å². The van der Waals surface area contributed by atoms with Crippen LogP contribution in [-0.4, -0.2) is 114 Å². The van der Waals surface area contributed by atoms with Crippen molar-refractivity contribution in [1.29, 1.82) is 0 Å². The maximum atomic E-state index is 13.9. The molecule has 3 saturated carbocycles. The summed E-state index contributed by atoms with van der Waals surface area (Å²) in [5.74, 6) is -5.68. The molecule has 0 aromatic rings. The summed E-state index contributed by atoms with van der Waals surface area (Å²) in [4.78, 5) is 27.0. The van der Waals surface area contributed by atoms with E-state index in [9.17, 15) is 24.9 Å². The van der Waals surface area contributed by atoms with Gasteiger partial charge in [0.15, 0.2) is 5.60 Å². The van der Waals surface area contributed by atoms with E-state index in [0.717, 1.165) is 0 Å². The molecule has 2 bridgehead atoms. The Labute approximate surface area is 267 Å². The summed E-state index contributed by atoms with van der Waals surface area (Å²) in [6, 6.07) is 0. The molecular formula is C33H44O13. The molecular weight excluding hydrogens is 604 g/mol. The van der Waals surface area contributed by atoms with Crippen LogP contribution < -0.4 is 0 Å². The number of aliphatic hydroxyl groups is 3. The third kappa shape index (κ3) is 2.96. The van der Waals surface area contributed by atoms with E-state index in [2.05, 4.69) is 0 Å². The lowest BCUT2D eigenvalue weighted by atomic mass is 9.37. The number of hydrogen-bond donors (Lipinski definition) is 3. The number of hydrogen-bond acceptors (Lipinski definition) is 13. The fraction of sp³-hybridized carbons (Fsp3) is 0.818. The van der Waals surface area contributed by atoms with Crippen LogP contribution in [0, 0.1) is 34.0 Å². The van der Waals surface area contributed by atoms with Crippen molar-refractivity contribution >= 4 is 11.9 Å². The van der Waals surface area contributed by atoms with E-state index in [1.165, 1.54) is 26.6 Å². The Kier molecular flexibility index (Phi) is 6.18. The van der Waals surface area contributed by atoms with Crippen molar-refractivity contribution in [2.45, 2.75) is 107 Å². The number of fused-ring (bicyclic) bond motifs is 11. The predicted molar refractivity (Wildman–Crippen MR) is 153 cm³/mol. The van der Waals surface area contributed by atoms with Gasteiger partial charge in [0.05, 0.1) is 51.0 Å². The lowest BCUT2D eigenvalue weighted by Crippen LogP contribution is -2.78. The Morgan fingerprint density at radius 2 is 1.83 bits per heavy atom. The summed E-state index contributed by atoms with van der Waals surface area (Å²) in [5.41, 5.74) is -8.01. The van der Waals surface area contributed by atoms with Crippen molar-refractivity contribution in [2.24, 2.45) is 34.0 Å². The highest BCUT2D eigenvalue weighted by molar-refractivity contribution is 5.87. The van der Waals surface area contributed by atoms with Gasteiger partial charge in [-0.2, -0.15) is 0 Å². The number of esters is 2. The molecule has 16 unspecified atom stereocenters. The van der Waals surface area contributed by atoms with Gasteiger partial charge in [0.2, 0.25) is 6.29 Å². The van der Waals surface area contributed by atoms with Crippen LogP contribution in [-0.2, 0) is 47.5 Å². The van der Waals surface area contributed by atoms with Gasteiger partial charge in [0.1, 0.15) is 17.3 Å². The second-order valence-electron chi connectivity index (χ2n) is 15.3. The van der Waals surface area contributed by atoms with Crippen LogP contribution in [0.1, 0.15) is 47.5 Å². The standard InChI is InChI=1S/C33H44O13/c1-8-15(2)23(35)44-18-12-17(34)30-14-43-32(40-7,25(36)39-6)24(30)28(4)22(20-21(30)27(18,3)13-42-20)46-29(5)16-11-19(33(28,29)38)45-26-31(16,37)9-10-41-26/h8-10,16-22,24,26,34,37-38H,11-14H2,1-7H3. The minimum absolute atomic E-state index is 0.0347. The molecule has 46 heavy (non-hydrogen) atoms. The van der Waals surface area contributed by atoms with Crippen molar-refractivity contribution in [1.82, 2.24) is 0 Å². The van der Waals surface area contributed by atoms with Gasteiger partial charge in [-0.05, 0) is 33.3 Å². The molecule has 254 valence electrons. The van der Waals surface area contributed by atoms with Gasteiger partial charge in [0, 0.05) is 53.1 Å². The first kappa shape index (κ1) is 31.2. The Morgan fingerprint density at radius 3 is 2.50 bits per heavy atom. The van der Waals surface area contributed by atoms with Crippen LogP contribution >= 0.6 is 0 Å². The molecule has 0 amide bonds. The van der Waals surface area contributed by atoms with Crippen LogP contribution in [0.3, 0.4) is 0 Å². The number of rotatable bonds is 4. The minimum Gasteiger partial charge on any atom is -0.469 e. The number of aliphatic hydroxyl groups excluding tert-OH is 1. The van der Waals surface area contributed by atoms with Crippen LogP contribution in [0.25, 0.3) is 0 Å². The van der Waals surface area contributed by atoms with E-state index in [-0.39, 0.29) is 26.1 Å². The summed E-state index contributed by atoms with van der Waals surface area (Å²) in [6.07, 6.45) is -0.620. The first-order valence-corrected chi connectivity index (χ1v) is 16.1. The maximum Gasteiger partial charge on any atom is 0.366 e. The average molecular weight is 649 g/mol. The second kappa shape index (κ2) is 9.12. The average Bonchev–Trinajstić information content (AvgIpc) is 3.79. The molecule has 4 saturated heterocycles. The van der Waals surface area contributed by atoms with Crippen LogP contribution in [0.2, 0.25) is 0 Å². The van der Waals surface area contributed by atoms with E-state index in [0.29, 0.717) is 5.57 Å². The molecule has 5 heterocycles. The molecule has 3 aliphatic carbocycles. The van der Waals surface area contributed by atoms with Crippen molar-refractivity contribution < 1.29 is 62.8 Å². The van der Waals surface area contributed by atoms with Gasteiger partial charge >= 0.3 is 11.9 Å². The Balaban J connectivity index is 1.35. The number of carbonyl (C=O) groups is 2. The van der Waals surface area contributed by atoms with E-state index in [1.54, 1.807) is 26.8 Å². The van der Waals surface area contributed by atoms with E-state index in [1.807, 2.05) is 13.8 Å². The van der Waals surface area contributed by atoms with Crippen LogP contribution in [0.5, 0.6) is 0 Å². The summed E-state index contributed by atoms with van der Waals surface area (Å²) < 4.78 is 49.7. The smallest absolute Gasteiger partial charge is 0.366 e. The molecule has 0 radical (unpaired) electrons. The summed E-state index contributed by atoms with van der Waals surface area (Å²) in [6.45, 7) is 9.02. The van der Waals surface area contributed by atoms with Crippen LogP contribution in [0.4, 0.5) is 0 Å². The van der Waals surface area contributed by atoms with Gasteiger partial charge < -0.3 is 53.2 Å². The lowest BCUT2D eigenvalue weighted by molar-refractivity contribution is -0.317. The molecule has 0 aromatic carbocycles. The number of ether oxygens (including phenoxy) is 8. The van der Waals surface area contributed by atoms with Gasteiger partial charge in [-0.3, -0.25) is 0 Å². The van der Waals surface area contributed by atoms with Crippen molar-refractivity contribution in [2.75, 3.05) is 27.4 Å². The SMILES string of the molecule is CC=C(C)C(=O)OC1CC(O)C23COC(OC)(C(=O)OC)C2C2(C)C(OC4(C)C5CC(OC6OC=CC65O)C42O)C2OCC1(C)C23. The minimum atomic E-state index is -2.06. The monoisotopic (exact) mass is 648 g/mol. The third-order valence-electron chi connectivity index (χ3n) is 14.0. The first-order valence-electron chi connectivity index (χ1n) is 16.1. The van der Waals surface area contributed by atoms with Crippen LogP contribution in [0.15, 0.2) is 24.0 Å². The fourth-order valence-electron chi connectivity index (χ4n) is 12.0. The van der Waals surface area contributed by atoms with E-state index >= 15 is 0 Å². The summed E-state index contributed by atoms with van der Waals surface area (Å²) in [7, 11) is 2.58. The zero-order chi connectivity index (χ0) is 33.0. The molecule has 8 aliphatic rings. The largest absolute Gasteiger partial charge is 0.469 e. The third-order valence-corrected chi connectivity index (χ3v) is 14.0. The highest BCUT2D eigenvalue weighted by Crippen LogP contribution is 2.80. The molecule has 3 N–H and O–H groups in total. The lowest BCUT2D eigenvalue weighted by Gasteiger charge is -2.66. The number of methoxy groups -OCH3 is 2. The van der Waals surface area contributed by atoms with Gasteiger partial charge in [-0.25, -0.2) is 9.59 Å². The zero-order valence-corrected chi connectivity index (χ0v) is 27.2. The van der Waals surface area contributed by atoms with Crippen molar-refractivity contribution in [3.05, 3.63) is 24.0 Å². The quantitative estimate of drug-likeness (QED) is 0.289. The number of carbonyl (C=O) groups excluding carboxylic acids is 2. The Morgan fingerprint density at radius 1 is 1.09 bits per heavy atom. The molecule has 5 aliphatic heterocycles. The topological polar surface area (TPSA) is 169 Å². The first-order chi connectivity index (χ1) is 21.6. The van der Waals surface area contributed by atoms with Gasteiger partial charge in [0.25, 0.3) is 5.79 Å². The van der Waals surface area contributed by atoms with Gasteiger partial charge in [-0.1, -0.05) is 19.9 Å². The molecule has 7 fully saturated rings. The number of allylic oxidation sites excluding steroid dienone is 1. The molecule has 0 aromatic heterocycles. The summed E-state index contributed by atoms with van der Waals surface area (Å²) >= 11 is 0. The molecule has 1 spiro atoms. The zero-order valence-electron chi connectivity index (χ0n) is 27.2. The highest BCUT2D eigenvalue weighted by atomic mass is 16.7. The van der Waals surface area contributed by atoms with E-state index < -0.39 is 105 Å². The fourth-order valence-corrected chi connectivity index (χ4v) is 12.0. The predicted octanol–water partition coefficient (Wildman–Crippen LogP) is 0.727. The summed E-state index contributed by atoms with van der Waals surface area (Å²) in [5, 5.41) is 37.8. The second-order valence-corrected chi connectivity index (χ2v) is 15.3. The van der Waals surface area contributed by atoms with Gasteiger partial charge in [-0.15, -0.1) is 0 Å². The Hall–Kier alpha value is -2.10. The van der Waals surface area contributed by atoms with E-state index in [4.69, 9.17) is 37.9 Å². The molecule has 13 heteroatoms. The Bertz CT molecular complexity index is 1450.